The Labute approximate surface area is 155 Å². The van der Waals surface area contributed by atoms with E-state index in [0.717, 1.165) is 18.3 Å². The summed E-state index contributed by atoms with van der Waals surface area (Å²) >= 11 is 6.14. The largest absolute Gasteiger partial charge is 0.351 e. The fourth-order valence-electron chi connectivity index (χ4n) is 2.41. The van der Waals surface area contributed by atoms with Crippen LogP contribution in [0.1, 0.15) is 23.2 Å². The molecule has 0 radical (unpaired) electrons. The average Bonchev–Trinajstić information content (AvgIpc) is 3.41. The Kier molecular flexibility index (Phi) is 5.34. The van der Waals surface area contributed by atoms with Gasteiger partial charge in [0, 0.05) is 13.2 Å². The van der Waals surface area contributed by atoms with Crippen LogP contribution in [0.3, 0.4) is 0 Å². The number of hydrogen-bond acceptors (Lipinski definition) is 4. The molecule has 0 saturated heterocycles. The molecule has 1 aliphatic rings. The molecule has 1 fully saturated rings. The Morgan fingerprint density at radius 3 is 2.85 bits per heavy atom. The summed E-state index contributed by atoms with van der Waals surface area (Å²) in [6.45, 7) is 0.431. The lowest BCUT2D eigenvalue weighted by molar-refractivity contribution is 0.0270. The summed E-state index contributed by atoms with van der Waals surface area (Å²) in [5.41, 5.74) is 2.81. The Morgan fingerprint density at radius 1 is 1.46 bits per heavy atom. The monoisotopic (exact) mass is 377 g/mol. The van der Waals surface area contributed by atoms with Crippen molar-refractivity contribution in [2.75, 3.05) is 11.9 Å². The molecule has 1 aromatic heterocycles. The van der Waals surface area contributed by atoms with Crippen LogP contribution < -0.4 is 21.8 Å². The molecule has 26 heavy (non-hydrogen) atoms. The topological polar surface area (TPSA) is 72.4 Å². The van der Waals surface area contributed by atoms with Gasteiger partial charge in [-0.2, -0.15) is 0 Å². The number of nitrogens with zero attached hydrogens (tertiary/aromatic N) is 1. The van der Waals surface area contributed by atoms with Gasteiger partial charge in [0.15, 0.2) is 0 Å². The molecule has 0 unspecified atom stereocenters. The molecule has 2 aromatic rings. The van der Waals surface area contributed by atoms with Crippen molar-refractivity contribution in [3.63, 3.8) is 0 Å². The van der Waals surface area contributed by atoms with E-state index in [1.165, 1.54) is 29.9 Å². The summed E-state index contributed by atoms with van der Waals surface area (Å²) < 4.78 is 15.4. The minimum atomic E-state index is -0.571. The molecule has 0 bridgehead atoms. The van der Waals surface area contributed by atoms with Gasteiger partial charge in [0.05, 0.1) is 23.5 Å². The van der Waals surface area contributed by atoms with Gasteiger partial charge < -0.3 is 9.88 Å². The molecule has 136 valence electrons. The van der Waals surface area contributed by atoms with Crippen LogP contribution in [0.15, 0.2) is 29.2 Å². The normalized spacial score (nSPS) is 13.5. The molecule has 1 aliphatic carbocycles. The number of hydroxylamine groups is 1. The van der Waals surface area contributed by atoms with E-state index in [1.807, 2.05) is 0 Å². The first-order chi connectivity index (χ1) is 12.4. The van der Waals surface area contributed by atoms with Crippen LogP contribution in [-0.4, -0.2) is 24.9 Å². The number of carbonyl (C=O) groups excluding carboxylic acids is 1. The van der Waals surface area contributed by atoms with Crippen LogP contribution >= 0.6 is 11.6 Å². The van der Waals surface area contributed by atoms with Gasteiger partial charge in [0.25, 0.3) is 11.5 Å². The standard InChI is InChI=1S/C17H18BClFN3O3/c1-23-7-11(16(24)22-26-8-9-2-3-9)15(14(19)17(23)25)21-13-5-4-10(18)6-12(13)20/h4-7,9,21H,2-3,8,18H2,1H3,(H,22,24). The third-order valence-electron chi connectivity index (χ3n) is 4.13. The second-order valence-electron chi connectivity index (χ2n) is 6.44. The molecular formula is C17H18BClFN3O3. The Morgan fingerprint density at radius 2 is 2.19 bits per heavy atom. The van der Waals surface area contributed by atoms with Gasteiger partial charge in [0.1, 0.15) is 18.7 Å². The first-order valence-corrected chi connectivity index (χ1v) is 8.59. The van der Waals surface area contributed by atoms with Crippen molar-refractivity contribution in [1.82, 2.24) is 10.0 Å². The van der Waals surface area contributed by atoms with Crippen LogP contribution in [0.5, 0.6) is 0 Å². The Balaban J connectivity index is 1.92. The number of aromatic nitrogens is 1. The number of hydrogen-bond donors (Lipinski definition) is 2. The second kappa shape index (κ2) is 7.51. The van der Waals surface area contributed by atoms with Crippen molar-refractivity contribution < 1.29 is 14.0 Å². The maximum absolute atomic E-state index is 14.2. The lowest BCUT2D eigenvalue weighted by Gasteiger charge is -2.15. The van der Waals surface area contributed by atoms with Crippen molar-refractivity contribution >= 4 is 42.2 Å². The first-order valence-electron chi connectivity index (χ1n) is 8.21. The lowest BCUT2D eigenvalue weighted by Crippen LogP contribution is -2.29. The second-order valence-corrected chi connectivity index (χ2v) is 6.82. The molecule has 1 heterocycles. The molecule has 9 heteroatoms. The number of amides is 1. The third-order valence-corrected chi connectivity index (χ3v) is 4.48. The van der Waals surface area contributed by atoms with Gasteiger partial charge in [-0.3, -0.25) is 14.4 Å². The first kappa shape index (κ1) is 18.5. The number of halogens is 2. The highest BCUT2D eigenvalue weighted by molar-refractivity contribution is 6.34. The summed E-state index contributed by atoms with van der Waals surface area (Å²) in [6.07, 6.45) is 3.50. The number of pyridine rings is 1. The average molecular weight is 378 g/mol. The van der Waals surface area contributed by atoms with Crippen LogP contribution in [0.2, 0.25) is 5.02 Å². The molecule has 1 aromatic carbocycles. The van der Waals surface area contributed by atoms with Gasteiger partial charge in [-0.05, 0) is 30.9 Å². The molecule has 3 rings (SSSR count). The van der Waals surface area contributed by atoms with Gasteiger partial charge in [-0.15, -0.1) is 0 Å². The fourth-order valence-corrected chi connectivity index (χ4v) is 2.69. The van der Waals surface area contributed by atoms with Crippen LogP contribution in [0.4, 0.5) is 15.8 Å². The van der Waals surface area contributed by atoms with Crippen molar-refractivity contribution in [3.8, 4) is 0 Å². The van der Waals surface area contributed by atoms with E-state index in [4.69, 9.17) is 16.4 Å². The van der Waals surface area contributed by atoms with Crippen LogP contribution in [0, 0.1) is 11.7 Å². The van der Waals surface area contributed by atoms with E-state index in [9.17, 15) is 14.0 Å². The number of benzene rings is 1. The molecule has 1 amide bonds. The predicted molar refractivity (Wildman–Crippen MR) is 101 cm³/mol. The number of anilines is 2. The van der Waals surface area contributed by atoms with Gasteiger partial charge in [-0.1, -0.05) is 23.1 Å². The molecule has 0 aliphatic heterocycles. The van der Waals surface area contributed by atoms with Gasteiger partial charge >= 0.3 is 0 Å². The van der Waals surface area contributed by atoms with Crippen LogP contribution in [0.25, 0.3) is 0 Å². The number of nitrogens with one attached hydrogen (secondary N) is 2. The van der Waals surface area contributed by atoms with Crippen molar-refractivity contribution in [3.05, 3.63) is 51.2 Å². The summed E-state index contributed by atoms with van der Waals surface area (Å²) in [5, 5.41) is 2.55. The maximum atomic E-state index is 14.2. The van der Waals surface area contributed by atoms with E-state index in [1.54, 1.807) is 13.9 Å². The summed E-state index contributed by atoms with van der Waals surface area (Å²) in [7, 11) is 3.24. The van der Waals surface area contributed by atoms with E-state index in [0.29, 0.717) is 12.5 Å². The zero-order chi connectivity index (χ0) is 18.8. The highest BCUT2D eigenvalue weighted by atomic mass is 35.5. The number of rotatable bonds is 6. The highest BCUT2D eigenvalue weighted by Crippen LogP contribution is 2.29. The van der Waals surface area contributed by atoms with E-state index in [2.05, 4.69) is 10.8 Å². The molecule has 0 atom stereocenters. The predicted octanol–water partition coefficient (Wildman–Crippen LogP) is 1.25. The lowest BCUT2D eigenvalue weighted by atomic mass is 9.96. The van der Waals surface area contributed by atoms with Crippen molar-refractivity contribution in [2.45, 2.75) is 12.8 Å². The molecule has 0 spiro atoms. The molecule has 2 N–H and O–H groups in total. The smallest absolute Gasteiger partial charge is 0.278 e. The number of carbonyl (C=O) groups is 1. The van der Waals surface area contributed by atoms with E-state index < -0.39 is 17.3 Å². The molecule has 6 nitrogen and oxygen atoms in total. The summed E-state index contributed by atoms with van der Waals surface area (Å²) in [4.78, 5) is 29.8. The zero-order valence-electron chi connectivity index (χ0n) is 14.4. The van der Waals surface area contributed by atoms with Crippen LogP contribution in [-0.2, 0) is 11.9 Å². The minimum absolute atomic E-state index is 0.0324. The highest BCUT2D eigenvalue weighted by Gasteiger charge is 2.23. The Bertz CT molecular complexity index is 915. The maximum Gasteiger partial charge on any atom is 0.278 e. The molecular weight excluding hydrogens is 359 g/mol. The third kappa shape index (κ3) is 4.08. The number of aryl methyl sites for hydroxylation is 1. The SMILES string of the molecule is Bc1ccc(Nc2c(C(=O)NOCC3CC3)cn(C)c(=O)c2Cl)c(F)c1. The summed E-state index contributed by atoms with van der Waals surface area (Å²) in [5.74, 6) is -0.616. The van der Waals surface area contributed by atoms with Gasteiger partial charge in [-0.25, -0.2) is 9.87 Å². The quantitative estimate of drug-likeness (QED) is 0.587. The van der Waals surface area contributed by atoms with E-state index >= 15 is 0 Å². The van der Waals surface area contributed by atoms with Crippen molar-refractivity contribution in [2.24, 2.45) is 13.0 Å². The fraction of sp³-hybridized carbons (Fsp3) is 0.294. The van der Waals surface area contributed by atoms with Crippen molar-refractivity contribution in [1.29, 1.82) is 0 Å². The summed E-state index contributed by atoms with van der Waals surface area (Å²) in [6, 6.07) is 4.57. The molecule has 1 saturated carbocycles. The zero-order valence-corrected chi connectivity index (χ0v) is 15.2. The van der Waals surface area contributed by atoms with Gasteiger partial charge in [0.2, 0.25) is 0 Å². The van der Waals surface area contributed by atoms with E-state index in [-0.39, 0.29) is 22.0 Å². The minimum Gasteiger partial charge on any atom is -0.351 e. The Hall–Kier alpha value is -2.32.